The molecule has 0 amide bonds. The Balaban J connectivity index is 2.28. The molecule has 0 radical (unpaired) electrons. The van der Waals surface area contributed by atoms with Crippen molar-refractivity contribution in [1.82, 2.24) is 15.1 Å². The summed E-state index contributed by atoms with van der Waals surface area (Å²) in [7, 11) is 5.60. The molecule has 0 aliphatic rings. The molecule has 4 nitrogen and oxygen atoms in total. The Morgan fingerprint density at radius 2 is 2.05 bits per heavy atom. The zero-order valence-electron chi connectivity index (χ0n) is 12.9. The Morgan fingerprint density at radius 1 is 1.30 bits per heavy atom. The zero-order chi connectivity index (χ0) is 14.7. The zero-order valence-corrected chi connectivity index (χ0v) is 12.9. The van der Waals surface area contributed by atoms with E-state index in [-0.39, 0.29) is 6.04 Å². The van der Waals surface area contributed by atoms with Crippen molar-refractivity contribution in [1.29, 1.82) is 0 Å². The molecule has 20 heavy (non-hydrogen) atoms. The molecule has 0 aliphatic carbocycles. The van der Waals surface area contributed by atoms with E-state index < -0.39 is 0 Å². The first-order chi connectivity index (χ1) is 9.56. The Morgan fingerprint density at radius 3 is 2.65 bits per heavy atom. The van der Waals surface area contributed by atoms with Crippen LogP contribution < -0.4 is 10.1 Å². The molecule has 1 aromatic carbocycles. The van der Waals surface area contributed by atoms with Gasteiger partial charge in [-0.1, -0.05) is 18.2 Å². The fourth-order valence-electron chi connectivity index (χ4n) is 2.48. The summed E-state index contributed by atoms with van der Waals surface area (Å²) < 4.78 is 7.28. The topological polar surface area (TPSA) is 39.1 Å². The second-order valence-corrected chi connectivity index (χ2v) is 5.19. The first kappa shape index (κ1) is 14.6. The highest BCUT2D eigenvalue weighted by atomic mass is 16.5. The van der Waals surface area contributed by atoms with Crippen molar-refractivity contribution in [3.05, 3.63) is 46.8 Å². The lowest BCUT2D eigenvalue weighted by Crippen LogP contribution is -2.22. The van der Waals surface area contributed by atoms with Crippen LogP contribution >= 0.6 is 0 Å². The number of methoxy groups -OCH3 is 1. The van der Waals surface area contributed by atoms with Gasteiger partial charge in [-0.05, 0) is 44.0 Å². The largest absolute Gasteiger partial charge is 0.493 e. The molecule has 0 saturated carbocycles. The lowest BCUT2D eigenvalue weighted by atomic mass is 9.99. The summed E-state index contributed by atoms with van der Waals surface area (Å²) in [6, 6.07) is 6.80. The van der Waals surface area contributed by atoms with E-state index in [2.05, 4.69) is 42.5 Å². The molecule has 1 unspecified atom stereocenters. The number of aryl methyl sites for hydroxylation is 3. The third kappa shape index (κ3) is 2.85. The van der Waals surface area contributed by atoms with Crippen LogP contribution in [0.3, 0.4) is 0 Å². The molecule has 108 valence electrons. The maximum absolute atomic E-state index is 5.41. The normalized spacial score (nSPS) is 12.4. The predicted molar refractivity (Wildman–Crippen MR) is 81.2 cm³/mol. The number of benzene rings is 1. The maximum atomic E-state index is 5.41. The summed E-state index contributed by atoms with van der Waals surface area (Å²) in [4.78, 5) is 0. The number of hydrogen-bond acceptors (Lipinski definition) is 3. The molecule has 0 aliphatic heterocycles. The van der Waals surface area contributed by atoms with Crippen molar-refractivity contribution >= 4 is 0 Å². The fraction of sp³-hybridized carbons (Fsp3) is 0.438. The van der Waals surface area contributed by atoms with Gasteiger partial charge in [-0.3, -0.25) is 4.68 Å². The highest BCUT2D eigenvalue weighted by Crippen LogP contribution is 2.27. The first-order valence-corrected chi connectivity index (χ1v) is 6.86. The van der Waals surface area contributed by atoms with Crippen molar-refractivity contribution in [2.75, 3.05) is 14.2 Å². The third-order valence-electron chi connectivity index (χ3n) is 3.86. The van der Waals surface area contributed by atoms with Gasteiger partial charge < -0.3 is 10.1 Å². The second-order valence-electron chi connectivity index (χ2n) is 5.19. The van der Waals surface area contributed by atoms with Crippen LogP contribution in [0, 0.1) is 13.8 Å². The van der Waals surface area contributed by atoms with Gasteiger partial charge in [-0.15, -0.1) is 0 Å². The van der Waals surface area contributed by atoms with E-state index in [0.717, 1.165) is 17.9 Å². The van der Waals surface area contributed by atoms with Crippen LogP contribution in [0.1, 0.15) is 28.4 Å². The van der Waals surface area contributed by atoms with Crippen LogP contribution in [-0.2, 0) is 13.5 Å². The number of likely N-dealkylation sites (N-methyl/N-ethyl adjacent to an activating group) is 1. The van der Waals surface area contributed by atoms with E-state index in [1.54, 1.807) is 13.3 Å². The molecule has 1 aromatic heterocycles. The Bertz CT molecular complexity index is 589. The molecule has 0 bridgehead atoms. The van der Waals surface area contributed by atoms with Gasteiger partial charge in [0.05, 0.1) is 25.0 Å². The highest BCUT2D eigenvalue weighted by molar-refractivity contribution is 5.33. The highest BCUT2D eigenvalue weighted by Gasteiger charge is 2.19. The molecule has 0 spiro atoms. The van der Waals surface area contributed by atoms with E-state index in [4.69, 9.17) is 4.74 Å². The van der Waals surface area contributed by atoms with E-state index in [0.29, 0.717) is 0 Å². The van der Waals surface area contributed by atoms with Gasteiger partial charge in [-0.25, -0.2) is 0 Å². The third-order valence-corrected chi connectivity index (χ3v) is 3.86. The Labute approximate surface area is 120 Å². The molecule has 2 aromatic rings. The Kier molecular flexibility index (Phi) is 4.45. The van der Waals surface area contributed by atoms with E-state index in [9.17, 15) is 0 Å². The summed E-state index contributed by atoms with van der Waals surface area (Å²) in [5.41, 5.74) is 5.05. The molecular formula is C16H23N3O. The SMILES string of the molecule is CNC(Cc1ccc(C)c(C)c1)c1c(OC)cnn1C. The number of nitrogens with one attached hydrogen (secondary N) is 1. The number of ether oxygens (including phenoxy) is 1. The lowest BCUT2D eigenvalue weighted by molar-refractivity contribution is 0.397. The van der Waals surface area contributed by atoms with Crippen molar-refractivity contribution < 1.29 is 4.74 Å². The van der Waals surface area contributed by atoms with Gasteiger partial charge in [0.2, 0.25) is 0 Å². The average molecular weight is 273 g/mol. The maximum Gasteiger partial charge on any atom is 0.161 e. The number of rotatable bonds is 5. The average Bonchev–Trinajstić information content (AvgIpc) is 2.81. The van der Waals surface area contributed by atoms with Gasteiger partial charge >= 0.3 is 0 Å². The quantitative estimate of drug-likeness (QED) is 0.910. The molecule has 2 rings (SSSR count). The van der Waals surface area contributed by atoms with Crippen LogP contribution in [0.15, 0.2) is 24.4 Å². The smallest absolute Gasteiger partial charge is 0.161 e. The van der Waals surface area contributed by atoms with Gasteiger partial charge in [0.25, 0.3) is 0 Å². The summed E-state index contributed by atoms with van der Waals surface area (Å²) in [6.07, 6.45) is 2.67. The number of hydrogen-bond donors (Lipinski definition) is 1. The molecule has 1 N–H and O–H groups in total. The molecule has 0 saturated heterocycles. The predicted octanol–water partition coefficient (Wildman–Crippen LogP) is 2.55. The lowest BCUT2D eigenvalue weighted by Gasteiger charge is -2.18. The van der Waals surface area contributed by atoms with Crippen molar-refractivity contribution in [3.63, 3.8) is 0 Å². The monoisotopic (exact) mass is 273 g/mol. The van der Waals surface area contributed by atoms with Gasteiger partial charge in [0.1, 0.15) is 0 Å². The minimum Gasteiger partial charge on any atom is -0.493 e. The van der Waals surface area contributed by atoms with Crippen LogP contribution in [0.25, 0.3) is 0 Å². The minimum atomic E-state index is 0.180. The summed E-state index contributed by atoms with van der Waals surface area (Å²) in [5.74, 6) is 0.829. The number of nitrogens with zero attached hydrogens (tertiary/aromatic N) is 2. The standard InChI is InChI=1S/C16H23N3O/c1-11-6-7-13(8-12(11)2)9-14(17-3)16-15(20-5)10-18-19(16)4/h6-8,10,14,17H,9H2,1-5H3. The molecule has 1 atom stereocenters. The van der Waals surface area contributed by atoms with Crippen LogP contribution in [0.2, 0.25) is 0 Å². The van der Waals surface area contributed by atoms with Gasteiger partial charge in [0.15, 0.2) is 5.75 Å². The van der Waals surface area contributed by atoms with Crippen LogP contribution in [-0.4, -0.2) is 23.9 Å². The van der Waals surface area contributed by atoms with E-state index >= 15 is 0 Å². The first-order valence-electron chi connectivity index (χ1n) is 6.86. The van der Waals surface area contributed by atoms with Crippen molar-refractivity contribution in [2.45, 2.75) is 26.3 Å². The molecule has 0 fully saturated rings. The summed E-state index contributed by atoms with van der Waals surface area (Å²) >= 11 is 0. The van der Waals surface area contributed by atoms with E-state index in [1.807, 2.05) is 18.8 Å². The van der Waals surface area contributed by atoms with Gasteiger partial charge in [0, 0.05) is 7.05 Å². The van der Waals surface area contributed by atoms with Crippen molar-refractivity contribution in [3.8, 4) is 5.75 Å². The molecule has 1 heterocycles. The van der Waals surface area contributed by atoms with Crippen LogP contribution in [0.5, 0.6) is 5.75 Å². The summed E-state index contributed by atoms with van der Waals surface area (Å²) in [5, 5.41) is 7.64. The fourth-order valence-corrected chi connectivity index (χ4v) is 2.48. The molecular weight excluding hydrogens is 250 g/mol. The second kappa shape index (κ2) is 6.09. The Hall–Kier alpha value is -1.81. The van der Waals surface area contributed by atoms with E-state index in [1.165, 1.54) is 16.7 Å². The van der Waals surface area contributed by atoms with Gasteiger partial charge in [-0.2, -0.15) is 5.10 Å². The van der Waals surface area contributed by atoms with Crippen molar-refractivity contribution in [2.24, 2.45) is 7.05 Å². The molecule has 4 heteroatoms. The summed E-state index contributed by atoms with van der Waals surface area (Å²) in [6.45, 7) is 4.29. The number of aromatic nitrogens is 2. The van der Waals surface area contributed by atoms with Crippen LogP contribution in [0.4, 0.5) is 0 Å². The minimum absolute atomic E-state index is 0.180.